The molecule has 2 atom stereocenters. The van der Waals surface area contributed by atoms with Crippen LogP contribution in [0.4, 0.5) is 4.39 Å². The molecule has 1 fully saturated rings. The van der Waals surface area contributed by atoms with E-state index in [0.29, 0.717) is 16.0 Å². The number of halogens is 2. The van der Waals surface area contributed by atoms with Crippen LogP contribution in [0.5, 0.6) is 0 Å². The van der Waals surface area contributed by atoms with Crippen molar-refractivity contribution in [1.82, 2.24) is 5.32 Å². The van der Waals surface area contributed by atoms with Gasteiger partial charge in [0, 0.05) is 10.5 Å². The topological polar surface area (TPSA) is 29.1 Å². The largest absolute Gasteiger partial charge is 0.349 e. The lowest BCUT2D eigenvalue weighted by atomic mass is 10.1. The number of carbonyl (C=O) groups excluding carboxylic acids is 1. The van der Waals surface area contributed by atoms with E-state index >= 15 is 0 Å². The van der Waals surface area contributed by atoms with Gasteiger partial charge in [-0.15, -0.1) is 0 Å². The van der Waals surface area contributed by atoms with E-state index in [2.05, 4.69) is 28.2 Å². The van der Waals surface area contributed by atoms with Crippen LogP contribution >= 0.6 is 15.9 Å². The van der Waals surface area contributed by atoms with Gasteiger partial charge in [0.15, 0.2) is 0 Å². The molecule has 0 heterocycles. The predicted molar refractivity (Wildman–Crippen MR) is 68.4 cm³/mol. The van der Waals surface area contributed by atoms with Gasteiger partial charge in [-0.05, 0) is 59.3 Å². The summed E-state index contributed by atoms with van der Waals surface area (Å²) in [5.41, 5.74) is 0.365. The minimum Gasteiger partial charge on any atom is -0.349 e. The van der Waals surface area contributed by atoms with E-state index < -0.39 is 5.82 Å². The van der Waals surface area contributed by atoms with E-state index in [9.17, 15) is 9.18 Å². The summed E-state index contributed by atoms with van der Waals surface area (Å²) in [4.78, 5) is 12.0. The first-order valence-electron chi connectivity index (χ1n) is 5.82. The predicted octanol–water partition coefficient (Wildman–Crippen LogP) is 3.51. The Morgan fingerprint density at radius 2 is 2.24 bits per heavy atom. The fraction of sp³-hybridized carbons (Fsp3) is 0.462. The molecule has 2 unspecified atom stereocenters. The molecule has 1 saturated carbocycles. The van der Waals surface area contributed by atoms with Crippen molar-refractivity contribution < 1.29 is 9.18 Å². The molecule has 0 radical (unpaired) electrons. The standard InChI is InChI=1S/C13H15BrFNO/c1-8-2-4-10(6-8)16-13(17)11-7-9(15)3-5-12(11)14/h3,5,7-8,10H,2,4,6H2,1H3,(H,16,17). The van der Waals surface area contributed by atoms with Crippen molar-refractivity contribution in [3.63, 3.8) is 0 Å². The molecule has 1 aromatic rings. The molecule has 1 aliphatic carbocycles. The van der Waals surface area contributed by atoms with Crippen LogP contribution in [0.15, 0.2) is 22.7 Å². The number of nitrogens with one attached hydrogen (secondary N) is 1. The zero-order chi connectivity index (χ0) is 12.4. The fourth-order valence-electron chi connectivity index (χ4n) is 2.27. The Morgan fingerprint density at radius 3 is 2.88 bits per heavy atom. The summed E-state index contributed by atoms with van der Waals surface area (Å²) in [6.45, 7) is 2.18. The van der Waals surface area contributed by atoms with Crippen LogP contribution in [0.1, 0.15) is 36.5 Å². The molecular weight excluding hydrogens is 285 g/mol. The summed E-state index contributed by atoms with van der Waals surface area (Å²) in [5.74, 6) is 0.0739. The second kappa shape index (κ2) is 5.17. The summed E-state index contributed by atoms with van der Waals surface area (Å²) in [5, 5.41) is 2.96. The molecule has 0 saturated heterocycles. The van der Waals surface area contributed by atoms with Gasteiger partial charge >= 0.3 is 0 Å². The zero-order valence-electron chi connectivity index (χ0n) is 9.67. The molecule has 0 aromatic heterocycles. The molecule has 1 aliphatic rings. The fourth-order valence-corrected chi connectivity index (χ4v) is 2.70. The van der Waals surface area contributed by atoms with Crippen molar-refractivity contribution in [1.29, 1.82) is 0 Å². The summed E-state index contributed by atoms with van der Waals surface area (Å²) < 4.78 is 13.7. The highest BCUT2D eigenvalue weighted by Crippen LogP contribution is 2.25. The summed E-state index contributed by atoms with van der Waals surface area (Å²) in [7, 11) is 0. The maximum Gasteiger partial charge on any atom is 0.252 e. The second-order valence-electron chi connectivity index (χ2n) is 4.71. The molecule has 1 amide bonds. The third-order valence-corrected chi connectivity index (χ3v) is 3.89. The molecule has 0 spiro atoms. The van der Waals surface area contributed by atoms with Gasteiger partial charge in [0.2, 0.25) is 0 Å². The number of carbonyl (C=O) groups is 1. The molecule has 4 heteroatoms. The number of amides is 1. The zero-order valence-corrected chi connectivity index (χ0v) is 11.3. The molecule has 0 aliphatic heterocycles. The Hall–Kier alpha value is -0.900. The van der Waals surface area contributed by atoms with Crippen molar-refractivity contribution in [2.75, 3.05) is 0 Å². The summed E-state index contributed by atoms with van der Waals surface area (Å²) in [6, 6.07) is 4.38. The lowest BCUT2D eigenvalue weighted by molar-refractivity contribution is 0.0936. The number of hydrogen-bond donors (Lipinski definition) is 1. The molecule has 2 rings (SSSR count). The first-order chi connectivity index (χ1) is 8.06. The maximum absolute atomic E-state index is 13.1. The molecule has 92 valence electrons. The molecule has 1 aromatic carbocycles. The normalized spacial score (nSPS) is 23.7. The monoisotopic (exact) mass is 299 g/mol. The first-order valence-corrected chi connectivity index (χ1v) is 6.61. The van der Waals surface area contributed by atoms with Gasteiger partial charge in [0.1, 0.15) is 5.82 Å². The van der Waals surface area contributed by atoms with Gasteiger partial charge in [-0.1, -0.05) is 6.92 Å². The first kappa shape index (κ1) is 12.6. The Balaban J connectivity index is 2.06. The van der Waals surface area contributed by atoms with Crippen LogP contribution in [-0.2, 0) is 0 Å². The highest BCUT2D eigenvalue weighted by atomic mass is 79.9. The average molecular weight is 300 g/mol. The number of rotatable bonds is 2. The summed E-state index contributed by atoms with van der Waals surface area (Å²) in [6.07, 6.45) is 3.17. The van der Waals surface area contributed by atoms with Crippen LogP contribution in [-0.4, -0.2) is 11.9 Å². The lowest BCUT2D eigenvalue weighted by Gasteiger charge is -2.13. The van der Waals surface area contributed by atoms with Crippen LogP contribution in [0, 0.1) is 11.7 Å². The smallest absolute Gasteiger partial charge is 0.252 e. The van der Waals surface area contributed by atoms with E-state index in [1.165, 1.54) is 12.1 Å². The van der Waals surface area contributed by atoms with E-state index in [4.69, 9.17) is 0 Å². The van der Waals surface area contributed by atoms with Gasteiger partial charge in [0.25, 0.3) is 5.91 Å². The van der Waals surface area contributed by atoms with Gasteiger partial charge in [-0.2, -0.15) is 0 Å². The molecule has 0 bridgehead atoms. The van der Waals surface area contributed by atoms with Crippen molar-refractivity contribution in [3.8, 4) is 0 Å². The highest BCUT2D eigenvalue weighted by molar-refractivity contribution is 9.10. The summed E-state index contributed by atoms with van der Waals surface area (Å²) >= 11 is 3.26. The SMILES string of the molecule is CC1CCC(NC(=O)c2cc(F)ccc2Br)C1. The van der Waals surface area contributed by atoms with Crippen LogP contribution in [0.3, 0.4) is 0 Å². The van der Waals surface area contributed by atoms with Gasteiger partial charge in [-0.25, -0.2) is 4.39 Å². The van der Waals surface area contributed by atoms with E-state index in [0.717, 1.165) is 19.3 Å². The van der Waals surface area contributed by atoms with Crippen molar-refractivity contribution in [2.45, 2.75) is 32.2 Å². The minimum absolute atomic E-state index is 0.199. The quantitative estimate of drug-likeness (QED) is 0.890. The van der Waals surface area contributed by atoms with Crippen molar-refractivity contribution in [2.24, 2.45) is 5.92 Å². The Kier molecular flexibility index (Phi) is 3.82. The molecule has 2 nitrogen and oxygen atoms in total. The maximum atomic E-state index is 13.1. The van der Waals surface area contributed by atoms with Crippen LogP contribution < -0.4 is 5.32 Å². The van der Waals surface area contributed by atoms with Gasteiger partial charge in [-0.3, -0.25) is 4.79 Å². The van der Waals surface area contributed by atoms with E-state index in [-0.39, 0.29) is 11.9 Å². The van der Waals surface area contributed by atoms with Crippen molar-refractivity contribution in [3.05, 3.63) is 34.1 Å². The average Bonchev–Trinajstić information content (AvgIpc) is 2.67. The highest BCUT2D eigenvalue weighted by Gasteiger charge is 2.23. The van der Waals surface area contributed by atoms with Gasteiger partial charge in [0.05, 0.1) is 5.56 Å². The molecule has 1 N–H and O–H groups in total. The Labute approximate surface area is 109 Å². The number of benzene rings is 1. The van der Waals surface area contributed by atoms with Crippen LogP contribution in [0.2, 0.25) is 0 Å². The van der Waals surface area contributed by atoms with Crippen LogP contribution in [0.25, 0.3) is 0 Å². The number of hydrogen-bond acceptors (Lipinski definition) is 1. The van der Waals surface area contributed by atoms with E-state index in [1.807, 2.05) is 0 Å². The third kappa shape index (κ3) is 3.06. The van der Waals surface area contributed by atoms with Gasteiger partial charge < -0.3 is 5.32 Å². The third-order valence-electron chi connectivity index (χ3n) is 3.20. The van der Waals surface area contributed by atoms with E-state index in [1.54, 1.807) is 6.07 Å². The lowest BCUT2D eigenvalue weighted by Crippen LogP contribution is -2.33. The Morgan fingerprint density at radius 1 is 1.47 bits per heavy atom. The second-order valence-corrected chi connectivity index (χ2v) is 5.57. The Bertz CT molecular complexity index is 435. The molecular formula is C13H15BrFNO. The minimum atomic E-state index is -0.391. The van der Waals surface area contributed by atoms with Crippen molar-refractivity contribution >= 4 is 21.8 Å². The molecule has 17 heavy (non-hydrogen) atoms.